The van der Waals surface area contributed by atoms with Gasteiger partial charge in [0.1, 0.15) is 0 Å². The molecule has 6 heteroatoms. The largest absolute Gasteiger partial charge is 0.328 e. The third kappa shape index (κ3) is 2.05. The van der Waals surface area contributed by atoms with Crippen LogP contribution in [0.2, 0.25) is 0 Å². The Hall–Kier alpha value is -1.04. The lowest BCUT2D eigenvalue weighted by atomic mass is 10.1. The van der Waals surface area contributed by atoms with Gasteiger partial charge in [0.25, 0.3) is 0 Å². The zero-order valence-electron chi connectivity index (χ0n) is 10.9. The molecule has 0 fully saturated rings. The van der Waals surface area contributed by atoms with Gasteiger partial charge < -0.3 is 0 Å². The molecule has 0 saturated heterocycles. The van der Waals surface area contributed by atoms with Gasteiger partial charge in [0.15, 0.2) is 0 Å². The molecule has 20 heavy (non-hydrogen) atoms. The van der Waals surface area contributed by atoms with Crippen LogP contribution in [0.25, 0.3) is 11.0 Å². The average molecular weight is 372 g/mol. The maximum absolute atomic E-state index is 12.0. The van der Waals surface area contributed by atoms with E-state index in [9.17, 15) is 4.79 Å². The monoisotopic (exact) mass is 370 g/mol. The van der Waals surface area contributed by atoms with Gasteiger partial charge in [0, 0.05) is 18.6 Å². The highest BCUT2D eigenvalue weighted by atomic mass is 79.9. The van der Waals surface area contributed by atoms with Crippen LogP contribution in [0.1, 0.15) is 16.5 Å². The number of nitrogens with zero attached hydrogens (tertiary/aromatic N) is 2. The van der Waals surface area contributed by atoms with Crippen LogP contribution >= 0.6 is 38.9 Å². The number of hydrogen-bond donors (Lipinski definition) is 0. The summed E-state index contributed by atoms with van der Waals surface area (Å²) in [6.45, 7) is 0. The zero-order valence-corrected chi connectivity index (χ0v) is 14.1. The summed E-state index contributed by atoms with van der Waals surface area (Å²) in [5.41, 5.74) is 3.78. The highest BCUT2D eigenvalue weighted by Crippen LogP contribution is 2.36. The van der Waals surface area contributed by atoms with Crippen LogP contribution in [0.15, 0.2) is 38.2 Å². The Bertz CT molecular complexity index is 835. The molecule has 3 aromatic rings. The van der Waals surface area contributed by atoms with Gasteiger partial charge in [-0.3, -0.25) is 9.13 Å². The molecule has 1 unspecified atom stereocenters. The number of imidazole rings is 1. The molecule has 0 bridgehead atoms. The van der Waals surface area contributed by atoms with E-state index in [0.29, 0.717) is 0 Å². The van der Waals surface area contributed by atoms with Gasteiger partial charge in [-0.05, 0) is 40.1 Å². The van der Waals surface area contributed by atoms with Gasteiger partial charge >= 0.3 is 5.69 Å². The Labute approximate surface area is 133 Å². The maximum atomic E-state index is 12.0. The number of alkyl halides is 1. The fourth-order valence-electron chi connectivity index (χ4n) is 2.33. The zero-order chi connectivity index (χ0) is 14.4. The predicted molar refractivity (Wildman–Crippen MR) is 87.9 cm³/mol. The van der Waals surface area contributed by atoms with Crippen molar-refractivity contribution in [3.05, 3.63) is 55.0 Å². The summed E-state index contributed by atoms with van der Waals surface area (Å²) in [5, 5.41) is 3.82. The minimum absolute atomic E-state index is 0.0364. The van der Waals surface area contributed by atoms with Gasteiger partial charge in [-0.1, -0.05) is 15.9 Å². The number of fused-ring (bicyclic) bond motifs is 1. The molecule has 0 saturated carbocycles. The van der Waals surface area contributed by atoms with Crippen molar-refractivity contribution in [3.63, 3.8) is 0 Å². The first-order valence-electron chi connectivity index (χ1n) is 6.01. The van der Waals surface area contributed by atoms with E-state index in [2.05, 4.69) is 15.9 Å². The number of halogens is 2. The van der Waals surface area contributed by atoms with Crippen molar-refractivity contribution in [1.82, 2.24) is 9.13 Å². The second-order valence-electron chi connectivity index (χ2n) is 4.68. The van der Waals surface area contributed by atoms with Crippen LogP contribution in [0.5, 0.6) is 0 Å². The minimum atomic E-state index is -0.227. The number of benzene rings is 1. The second kappa shape index (κ2) is 5.06. The number of aryl methyl sites for hydroxylation is 2. The summed E-state index contributed by atoms with van der Waals surface area (Å²) >= 11 is 11.7. The van der Waals surface area contributed by atoms with Crippen LogP contribution in [0.3, 0.4) is 0 Å². The Morgan fingerprint density at radius 1 is 1.25 bits per heavy atom. The van der Waals surface area contributed by atoms with Crippen molar-refractivity contribution >= 4 is 49.9 Å². The molecule has 1 atom stereocenters. The van der Waals surface area contributed by atoms with Crippen molar-refractivity contribution < 1.29 is 0 Å². The first-order chi connectivity index (χ1) is 9.50. The van der Waals surface area contributed by atoms with Gasteiger partial charge in [-0.2, -0.15) is 11.3 Å². The number of rotatable bonds is 2. The summed E-state index contributed by atoms with van der Waals surface area (Å²) in [7, 11) is 3.55. The minimum Gasteiger partial charge on any atom is -0.295 e. The summed E-state index contributed by atoms with van der Waals surface area (Å²) in [5.74, 6) is 0. The Morgan fingerprint density at radius 2 is 1.90 bits per heavy atom. The normalized spacial score (nSPS) is 13.0. The molecule has 2 aromatic heterocycles. The van der Waals surface area contributed by atoms with Crippen molar-refractivity contribution in [2.75, 3.05) is 0 Å². The van der Waals surface area contributed by atoms with Crippen molar-refractivity contribution in [2.24, 2.45) is 14.1 Å². The van der Waals surface area contributed by atoms with Gasteiger partial charge in [0.2, 0.25) is 0 Å². The van der Waals surface area contributed by atoms with Crippen LogP contribution in [0, 0.1) is 0 Å². The van der Waals surface area contributed by atoms with E-state index in [0.717, 1.165) is 26.6 Å². The highest BCUT2D eigenvalue weighted by molar-refractivity contribution is 9.10. The Kier molecular flexibility index (Phi) is 3.52. The molecule has 0 aliphatic heterocycles. The molecule has 3 rings (SSSR count). The maximum Gasteiger partial charge on any atom is 0.328 e. The SMILES string of the molecule is Cn1c(=O)n(C)c2cc(C(Cl)c3ccsc3)c(Br)cc21. The number of hydrogen-bond acceptors (Lipinski definition) is 2. The summed E-state index contributed by atoms with van der Waals surface area (Å²) in [4.78, 5) is 12.0. The molecular weight excluding hydrogens is 360 g/mol. The smallest absolute Gasteiger partial charge is 0.295 e. The van der Waals surface area contributed by atoms with Crippen LogP contribution < -0.4 is 5.69 Å². The van der Waals surface area contributed by atoms with E-state index < -0.39 is 0 Å². The summed E-state index contributed by atoms with van der Waals surface area (Å²) in [6.07, 6.45) is 0. The first-order valence-corrected chi connectivity index (χ1v) is 8.19. The van der Waals surface area contributed by atoms with E-state index in [4.69, 9.17) is 11.6 Å². The first kappa shape index (κ1) is 13.9. The molecular formula is C14H12BrClN2OS. The van der Waals surface area contributed by atoms with E-state index >= 15 is 0 Å². The van der Waals surface area contributed by atoms with Crippen molar-refractivity contribution in [3.8, 4) is 0 Å². The molecule has 0 amide bonds. The highest BCUT2D eigenvalue weighted by Gasteiger charge is 2.18. The summed E-state index contributed by atoms with van der Waals surface area (Å²) in [6, 6.07) is 5.95. The lowest BCUT2D eigenvalue weighted by molar-refractivity contribution is 0.795. The molecule has 1 aromatic carbocycles. The van der Waals surface area contributed by atoms with E-state index in [-0.39, 0.29) is 11.1 Å². The molecule has 104 valence electrons. The van der Waals surface area contributed by atoms with Gasteiger partial charge in [-0.15, -0.1) is 11.6 Å². The lowest BCUT2D eigenvalue weighted by Crippen LogP contribution is -2.19. The molecule has 0 aliphatic rings. The standard InChI is InChI=1S/C14H12BrClN2OS/c1-17-11-5-9(13(16)8-3-4-20-7-8)10(15)6-12(11)18(2)14(17)19/h3-7,13H,1-2H3. The molecule has 0 spiro atoms. The quantitative estimate of drug-likeness (QED) is 0.625. The molecule has 0 radical (unpaired) electrons. The molecule has 0 N–H and O–H groups in total. The number of thiophene rings is 1. The van der Waals surface area contributed by atoms with Crippen LogP contribution in [0.4, 0.5) is 0 Å². The average Bonchev–Trinajstić information content (AvgIpc) is 3.03. The molecule has 0 aliphatic carbocycles. The van der Waals surface area contributed by atoms with Crippen LogP contribution in [-0.4, -0.2) is 9.13 Å². The van der Waals surface area contributed by atoms with E-state index in [1.165, 1.54) is 0 Å². The molecule has 2 heterocycles. The third-order valence-electron chi connectivity index (χ3n) is 3.50. The Balaban J connectivity index is 2.25. The van der Waals surface area contributed by atoms with Crippen LogP contribution in [-0.2, 0) is 14.1 Å². The van der Waals surface area contributed by atoms with Crippen molar-refractivity contribution in [1.29, 1.82) is 0 Å². The third-order valence-corrected chi connectivity index (χ3v) is 5.37. The fraction of sp³-hybridized carbons (Fsp3) is 0.214. The number of aromatic nitrogens is 2. The van der Waals surface area contributed by atoms with Gasteiger partial charge in [-0.25, -0.2) is 4.79 Å². The lowest BCUT2D eigenvalue weighted by Gasteiger charge is -2.11. The Morgan fingerprint density at radius 3 is 2.50 bits per heavy atom. The van der Waals surface area contributed by atoms with E-state index in [1.807, 2.05) is 29.0 Å². The topological polar surface area (TPSA) is 26.9 Å². The van der Waals surface area contributed by atoms with E-state index in [1.54, 1.807) is 34.6 Å². The van der Waals surface area contributed by atoms with Gasteiger partial charge in [0.05, 0.1) is 16.4 Å². The summed E-state index contributed by atoms with van der Waals surface area (Å²) < 4.78 is 4.19. The van der Waals surface area contributed by atoms with Crippen molar-refractivity contribution in [2.45, 2.75) is 5.38 Å². The second-order valence-corrected chi connectivity index (χ2v) is 6.75. The fourth-order valence-corrected chi connectivity index (χ4v) is 4.10. The molecule has 3 nitrogen and oxygen atoms in total. The predicted octanol–water partition coefficient (Wildman–Crippen LogP) is 4.03.